The first-order chi connectivity index (χ1) is 9.73. The average Bonchev–Trinajstić information content (AvgIpc) is 2.51. The van der Waals surface area contributed by atoms with E-state index in [0.717, 1.165) is 18.4 Å². The van der Waals surface area contributed by atoms with Gasteiger partial charge in [0.2, 0.25) is 0 Å². The quantitative estimate of drug-likeness (QED) is 0.595. The lowest BCUT2D eigenvalue weighted by atomic mass is 9.76. The minimum Gasteiger partial charge on any atom is -0.426 e. The van der Waals surface area contributed by atoms with Crippen LogP contribution in [0.15, 0.2) is 60.7 Å². The number of hydrogen-bond donors (Lipinski definition) is 0. The Morgan fingerprint density at radius 3 is 1.90 bits per heavy atom. The fourth-order valence-corrected chi connectivity index (χ4v) is 2.52. The van der Waals surface area contributed by atoms with Crippen molar-refractivity contribution in [3.63, 3.8) is 0 Å². The van der Waals surface area contributed by atoms with Gasteiger partial charge in [-0.15, -0.1) is 0 Å². The van der Waals surface area contributed by atoms with Crippen LogP contribution in [0.25, 0.3) is 0 Å². The van der Waals surface area contributed by atoms with Crippen LogP contribution in [0.5, 0.6) is 5.75 Å². The van der Waals surface area contributed by atoms with E-state index in [1.165, 1.54) is 0 Å². The van der Waals surface area contributed by atoms with Gasteiger partial charge in [-0.25, -0.2) is 0 Å². The zero-order valence-electron chi connectivity index (χ0n) is 12.0. The van der Waals surface area contributed by atoms with E-state index in [-0.39, 0.29) is 5.97 Å². The molecule has 20 heavy (non-hydrogen) atoms. The largest absolute Gasteiger partial charge is 0.426 e. The number of carbonyl (C=O) groups excluding carboxylic acids is 1. The highest BCUT2D eigenvalue weighted by Gasteiger charge is 2.38. The maximum atomic E-state index is 12.7. The van der Waals surface area contributed by atoms with Crippen LogP contribution in [0.2, 0.25) is 0 Å². The summed E-state index contributed by atoms with van der Waals surface area (Å²) < 4.78 is 5.58. The van der Waals surface area contributed by atoms with Crippen molar-refractivity contribution in [2.75, 3.05) is 0 Å². The van der Waals surface area contributed by atoms with Gasteiger partial charge in [0.05, 0.1) is 5.41 Å². The van der Waals surface area contributed by atoms with Crippen LogP contribution in [0.4, 0.5) is 0 Å². The van der Waals surface area contributed by atoms with Crippen LogP contribution in [-0.2, 0) is 10.2 Å². The summed E-state index contributed by atoms with van der Waals surface area (Å²) in [5, 5.41) is 0. The zero-order chi connectivity index (χ0) is 14.4. The molecule has 0 saturated carbocycles. The Labute approximate surface area is 120 Å². The molecule has 0 aliphatic carbocycles. The molecule has 0 saturated heterocycles. The Hall–Kier alpha value is -2.09. The SMILES string of the molecule is CCC(CC)(C(=O)Oc1ccccc1)c1ccccc1. The molecular weight excluding hydrogens is 248 g/mol. The van der Waals surface area contributed by atoms with Crippen molar-refractivity contribution >= 4 is 5.97 Å². The normalized spacial score (nSPS) is 11.1. The highest BCUT2D eigenvalue weighted by Crippen LogP contribution is 2.33. The predicted octanol–water partition coefficient (Wildman–Crippen LogP) is 4.35. The summed E-state index contributed by atoms with van der Waals surface area (Å²) >= 11 is 0. The van der Waals surface area contributed by atoms with Crippen LogP contribution in [0.1, 0.15) is 32.3 Å². The molecule has 0 radical (unpaired) electrons. The van der Waals surface area contributed by atoms with E-state index >= 15 is 0 Å². The molecule has 0 unspecified atom stereocenters. The number of hydrogen-bond acceptors (Lipinski definition) is 2. The first kappa shape index (κ1) is 14.3. The second kappa shape index (κ2) is 6.38. The van der Waals surface area contributed by atoms with Crippen molar-refractivity contribution < 1.29 is 9.53 Å². The Bertz CT molecular complexity index is 542. The lowest BCUT2D eigenvalue weighted by Crippen LogP contribution is -2.38. The summed E-state index contributed by atoms with van der Waals surface area (Å²) in [6.45, 7) is 4.06. The molecule has 2 aromatic rings. The first-order valence-electron chi connectivity index (χ1n) is 7.06. The highest BCUT2D eigenvalue weighted by atomic mass is 16.5. The van der Waals surface area contributed by atoms with E-state index in [4.69, 9.17) is 4.74 Å². The monoisotopic (exact) mass is 268 g/mol. The smallest absolute Gasteiger partial charge is 0.321 e. The zero-order valence-corrected chi connectivity index (χ0v) is 12.0. The molecule has 0 heterocycles. The molecule has 0 N–H and O–H groups in total. The van der Waals surface area contributed by atoms with E-state index in [1.54, 1.807) is 12.1 Å². The van der Waals surface area contributed by atoms with Gasteiger partial charge in [0, 0.05) is 0 Å². The average molecular weight is 268 g/mol. The standard InChI is InChI=1S/C18H20O2/c1-3-18(4-2,15-11-7-5-8-12-15)17(19)20-16-13-9-6-10-14-16/h5-14H,3-4H2,1-2H3. The summed E-state index contributed by atoms with van der Waals surface area (Å²) in [4.78, 5) is 12.7. The molecule has 2 rings (SSSR count). The fourth-order valence-electron chi connectivity index (χ4n) is 2.52. The van der Waals surface area contributed by atoms with E-state index in [9.17, 15) is 4.79 Å². The van der Waals surface area contributed by atoms with Gasteiger partial charge in [0.25, 0.3) is 0 Å². The van der Waals surface area contributed by atoms with Crippen LogP contribution in [-0.4, -0.2) is 5.97 Å². The third-order valence-corrected chi connectivity index (χ3v) is 3.88. The first-order valence-corrected chi connectivity index (χ1v) is 7.06. The molecule has 2 nitrogen and oxygen atoms in total. The Balaban J connectivity index is 2.31. The number of ether oxygens (including phenoxy) is 1. The summed E-state index contributed by atoms with van der Waals surface area (Å²) in [5.74, 6) is 0.416. The molecule has 2 aromatic carbocycles. The molecule has 0 aliphatic rings. The van der Waals surface area contributed by atoms with Gasteiger partial charge in [0.15, 0.2) is 0 Å². The van der Waals surface area contributed by atoms with Gasteiger partial charge in [-0.2, -0.15) is 0 Å². The van der Waals surface area contributed by atoms with E-state index in [0.29, 0.717) is 5.75 Å². The molecule has 0 atom stereocenters. The molecule has 0 amide bonds. The fraction of sp³-hybridized carbons (Fsp3) is 0.278. The summed E-state index contributed by atoms with van der Waals surface area (Å²) in [7, 11) is 0. The molecule has 0 aromatic heterocycles. The lowest BCUT2D eigenvalue weighted by molar-refractivity contribution is -0.141. The number of esters is 1. The minimum absolute atomic E-state index is 0.181. The van der Waals surface area contributed by atoms with Gasteiger partial charge in [0.1, 0.15) is 5.75 Å². The van der Waals surface area contributed by atoms with Crippen molar-refractivity contribution in [3.8, 4) is 5.75 Å². The molecule has 0 fully saturated rings. The van der Waals surface area contributed by atoms with Gasteiger partial charge in [-0.05, 0) is 30.5 Å². The molecule has 0 spiro atoms. The third-order valence-electron chi connectivity index (χ3n) is 3.88. The van der Waals surface area contributed by atoms with Crippen molar-refractivity contribution in [1.82, 2.24) is 0 Å². The Kier molecular flexibility index (Phi) is 4.57. The van der Waals surface area contributed by atoms with Crippen LogP contribution < -0.4 is 4.74 Å². The Morgan fingerprint density at radius 1 is 0.900 bits per heavy atom. The Morgan fingerprint density at radius 2 is 1.40 bits per heavy atom. The number of carbonyl (C=O) groups is 1. The maximum absolute atomic E-state index is 12.7. The highest BCUT2D eigenvalue weighted by molar-refractivity contribution is 5.85. The van der Waals surface area contributed by atoms with Crippen molar-refractivity contribution in [3.05, 3.63) is 66.2 Å². The van der Waals surface area contributed by atoms with Crippen LogP contribution in [0, 0.1) is 0 Å². The summed E-state index contributed by atoms with van der Waals surface area (Å²) in [6.07, 6.45) is 1.44. The van der Waals surface area contributed by atoms with E-state index in [1.807, 2.05) is 62.4 Å². The van der Waals surface area contributed by atoms with Gasteiger partial charge < -0.3 is 4.74 Å². The van der Waals surface area contributed by atoms with Gasteiger partial charge >= 0.3 is 5.97 Å². The second-order valence-corrected chi connectivity index (χ2v) is 4.86. The minimum atomic E-state index is -0.572. The molecule has 0 bridgehead atoms. The van der Waals surface area contributed by atoms with Crippen molar-refractivity contribution in [2.45, 2.75) is 32.1 Å². The molecular formula is C18H20O2. The lowest BCUT2D eigenvalue weighted by Gasteiger charge is -2.29. The van der Waals surface area contributed by atoms with E-state index < -0.39 is 5.41 Å². The number of rotatable bonds is 5. The van der Waals surface area contributed by atoms with Gasteiger partial charge in [-0.3, -0.25) is 4.79 Å². The second-order valence-electron chi connectivity index (χ2n) is 4.86. The third kappa shape index (κ3) is 2.74. The number of para-hydroxylation sites is 1. The maximum Gasteiger partial charge on any atom is 0.321 e. The summed E-state index contributed by atoms with van der Waals surface area (Å²) in [6, 6.07) is 19.1. The summed E-state index contributed by atoms with van der Waals surface area (Å²) in [5.41, 5.74) is 0.447. The number of benzene rings is 2. The van der Waals surface area contributed by atoms with Gasteiger partial charge in [-0.1, -0.05) is 62.4 Å². The van der Waals surface area contributed by atoms with Crippen molar-refractivity contribution in [2.24, 2.45) is 0 Å². The predicted molar refractivity (Wildman–Crippen MR) is 80.8 cm³/mol. The van der Waals surface area contributed by atoms with Crippen LogP contribution >= 0.6 is 0 Å². The van der Waals surface area contributed by atoms with E-state index in [2.05, 4.69) is 0 Å². The topological polar surface area (TPSA) is 26.3 Å². The van der Waals surface area contributed by atoms with Crippen LogP contribution in [0.3, 0.4) is 0 Å². The molecule has 2 heteroatoms. The molecule has 104 valence electrons. The van der Waals surface area contributed by atoms with Crippen molar-refractivity contribution in [1.29, 1.82) is 0 Å². The molecule has 0 aliphatic heterocycles.